The fourth-order valence-corrected chi connectivity index (χ4v) is 6.06. The Hall–Kier alpha value is -1.93. The molecule has 7 nitrogen and oxygen atoms in total. The lowest BCUT2D eigenvalue weighted by Gasteiger charge is -2.38. The zero-order valence-electron chi connectivity index (χ0n) is 17.2. The average Bonchev–Trinajstić information content (AvgIpc) is 3.08. The van der Waals surface area contributed by atoms with Crippen LogP contribution >= 0.6 is 0 Å². The summed E-state index contributed by atoms with van der Waals surface area (Å²) in [6.45, 7) is 5.66. The number of carbonyl (C=O) groups is 2. The van der Waals surface area contributed by atoms with Crippen LogP contribution in [0.25, 0.3) is 0 Å². The van der Waals surface area contributed by atoms with E-state index in [1.165, 1.54) is 0 Å². The van der Waals surface area contributed by atoms with Crippen molar-refractivity contribution in [3.63, 3.8) is 0 Å². The summed E-state index contributed by atoms with van der Waals surface area (Å²) in [5, 5.41) is 2.96. The van der Waals surface area contributed by atoms with Crippen LogP contribution in [-0.2, 0) is 19.4 Å². The largest absolute Gasteiger partial charge is 0.338 e. The number of amides is 2. The molecule has 2 saturated heterocycles. The van der Waals surface area contributed by atoms with Crippen LogP contribution in [0.3, 0.4) is 0 Å². The lowest BCUT2D eigenvalue weighted by molar-refractivity contribution is -0.138. The lowest BCUT2D eigenvalue weighted by atomic mass is 9.94. The Morgan fingerprint density at radius 3 is 2.38 bits per heavy atom. The Labute approximate surface area is 173 Å². The zero-order chi connectivity index (χ0) is 21.0. The summed E-state index contributed by atoms with van der Waals surface area (Å²) in [5.41, 5.74) is 0.800. The van der Waals surface area contributed by atoms with Crippen molar-refractivity contribution in [3.05, 3.63) is 30.3 Å². The third-order valence-electron chi connectivity index (χ3n) is 6.12. The van der Waals surface area contributed by atoms with Crippen molar-refractivity contribution in [3.8, 4) is 0 Å². The maximum atomic E-state index is 13.0. The maximum Gasteiger partial charge on any atom is 0.239 e. The van der Waals surface area contributed by atoms with Gasteiger partial charge in [-0.1, -0.05) is 18.2 Å². The second kappa shape index (κ2) is 9.26. The van der Waals surface area contributed by atoms with Gasteiger partial charge < -0.3 is 10.2 Å². The fraction of sp³-hybridized carbons (Fsp3) is 0.619. The molecule has 0 unspecified atom stereocenters. The minimum atomic E-state index is -3.03. The highest BCUT2D eigenvalue weighted by Crippen LogP contribution is 2.24. The second-order valence-corrected chi connectivity index (χ2v) is 10.3. The van der Waals surface area contributed by atoms with Gasteiger partial charge in [0.25, 0.3) is 0 Å². The highest BCUT2D eigenvalue weighted by atomic mass is 32.2. The molecule has 2 fully saturated rings. The minimum Gasteiger partial charge on any atom is -0.338 e. The van der Waals surface area contributed by atoms with Gasteiger partial charge >= 0.3 is 0 Å². The van der Waals surface area contributed by atoms with Gasteiger partial charge in [0.15, 0.2) is 9.84 Å². The van der Waals surface area contributed by atoms with E-state index in [0.717, 1.165) is 5.69 Å². The van der Waals surface area contributed by atoms with Gasteiger partial charge in [-0.2, -0.15) is 0 Å². The number of para-hydroxylation sites is 1. The molecule has 2 atom stereocenters. The molecule has 2 aliphatic heterocycles. The molecule has 2 aliphatic rings. The van der Waals surface area contributed by atoms with Gasteiger partial charge in [0, 0.05) is 24.2 Å². The number of hydrogen-bond acceptors (Lipinski definition) is 5. The van der Waals surface area contributed by atoms with Crippen LogP contribution in [0.15, 0.2) is 30.3 Å². The van der Waals surface area contributed by atoms with Crippen molar-refractivity contribution in [2.24, 2.45) is 5.92 Å². The fourth-order valence-electron chi connectivity index (χ4n) is 4.33. The topological polar surface area (TPSA) is 86.8 Å². The van der Waals surface area contributed by atoms with E-state index in [1.807, 2.05) is 44.2 Å². The molecular weight excluding hydrogens is 390 g/mol. The molecule has 0 saturated carbocycles. The van der Waals surface area contributed by atoms with Gasteiger partial charge in [0.05, 0.1) is 17.5 Å². The zero-order valence-corrected chi connectivity index (χ0v) is 18.0. The van der Waals surface area contributed by atoms with E-state index in [-0.39, 0.29) is 41.3 Å². The number of anilines is 1. The number of piperidine rings is 1. The van der Waals surface area contributed by atoms with Crippen LogP contribution in [0.2, 0.25) is 0 Å². The van der Waals surface area contributed by atoms with Gasteiger partial charge in [-0.3, -0.25) is 14.5 Å². The monoisotopic (exact) mass is 421 g/mol. The van der Waals surface area contributed by atoms with Crippen molar-refractivity contribution >= 4 is 27.3 Å². The summed E-state index contributed by atoms with van der Waals surface area (Å²) in [5.74, 6) is 0.192. The molecule has 2 amide bonds. The molecule has 3 rings (SSSR count). The SMILES string of the molecule is CCN(C(=O)[C@@H](C)N1CCC(C(=O)Nc2ccccc2)CC1)[C@H]1CCS(=O)(=O)C1. The van der Waals surface area contributed by atoms with Crippen molar-refractivity contribution in [1.82, 2.24) is 9.80 Å². The normalized spacial score (nSPS) is 23.4. The molecule has 2 heterocycles. The van der Waals surface area contributed by atoms with Gasteiger partial charge in [-0.15, -0.1) is 0 Å². The van der Waals surface area contributed by atoms with E-state index < -0.39 is 9.84 Å². The first kappa shape index (κ1) is 21.8. The van der Waals surface area contributed by atoms with Crippen molar-refractivity contribution < 1.29 is 18.0 Å². The maximum absolute atomic E-state index is 13.0. The van der Waals surface area contributed by atoms with Crippen LogP contribution in [0.5, 0.6) is 0 Å². The first-order chi connectivity index (χ1) is 13.8. The number of hydrogen-bond donors (Lipinski definition) is 1. The standard InChI is InChI=1S/C21H31N3O4S/c1-3-24(19-11-14-29(27,28)15-19)21(26)16(2)23-12-9-17(10-13-23)20(25)22-18-7-5-4-6-8-18/h4-8,16-17,19H,3,9-15H2,1-2H3,(H,22,25)/t16-,19+/m1/s1. The molecule has 1 aromatic carbocycles. The summed E-state index contributed by atoms with van der Waals surface area (Å²) >= 11 is 0. The third-order valence-corrected chi connectivity index (χ3v) is 7.87. The lowest BCUT2D eigenvalue weighted by Crippen LogP contribution is -2.53. The predicted octanol–water partition coefficient (Wildman–Crippen LogP) is 1.76. The molecule has 8 heteroatoms. The van der Waals surface area contributed by atoms with Gasteiger partial charge in [0.1, 0.15) is 0 Å². The summed E-state index contributed by atoms with van der Waals surface area (Å²) < 4.78 is 23.6. The quantitative estimate of drug-likeness (QED) is 0.756. The number of likely N-dealkylation sites (tertiary alicyclic amines) is 1. The van der Waals surface area contributed by atoms with Crippen LogP contribution in [0.4, 0.5) is 5.69 Å². The number of carbonyl (C=O) groups excluding carboxylic acids is 2. The molecule has 0 aliphatic carbocycles. The Morgan fingerprint density at radius 2 is 1.83 bits per heavy atom. The number of nitrogens with zero attached hydrogens (tertiary/aromatic N) is 2. The smallest absolute Gasteiger partial charge is 0.239 e. The van der Waals surface area contributed by atoms with Gasteiger partial charge in [-0.05, 0) is 58.3 Å². The predicted molar refractivity (Wildman–Crippen MR) is 113 cm³/mol. The van der Waals surface area contributed by atoms with Crippen LogP contribution in [0.1, 0.15) is 33.1 Å². The molecule has 0 bridgehead atoms. The van der Waals surface area contributed by atoms with Crippen molar-refractivity contribution in [2.75, 3.05) is 36.5 Å². The van der Waals surface area contributed by atoms with Crippen LogP contribution < -0.4 is 5.32 Å². The molecule has 160 valence electrons. The van der Waals surface area contributed by atoms with E-state index in [0.29, 0.717) is 38.9 Å². The number of sulfone groups is 1. The Bertz CT molecular complexity index is 820. The minimum absolute atomic E-state index is 0.0122. The Balaban J connectivity index is 1.53. The Morgan fingerprint density at radius 1 is 1.17 bits per heavy atom. The molecule has 29 heavy (non-hydrogen) atoms. The highest BCUT2D eigenvalue weighted by Gasteiger charge is 2.37. The highest BCUT2D eigenvalue weighted by molar-refractivity contribution is 7.91. The molecule has 0 radical (unpaired) electrons. The number of nitrogens with one attached hydrogen (secondary N) is 1. The van der Waals surface area contributed by atoms with E-state index in [1.54, 1.807) is 4.90 Å². The van der Waals surface area contributed by atoms with Crippen molar-refractivity contribution in [2.45, 2.75) is 45.2 Å². The van der Waals surface area contributed by atoms with E-state index in [4.69, 9.17) is 0 Å². The summed E-state index contributed by atoms with van der Waals surface area (Å²) in [6, 6.07) is 8.91. The van der Waals surface area contributed by atoms with Gasteiger partial charge in [-0.25, -0.2) is 8.42 Å². The molecule has 0 spiro atoms. The average molecular weight is 422 g/mol. The van der Waals surface area contributed by atoms with Crippen molar-refractivity contribution in [1.29, 1.82) is 0 Å². The summed E-state index contributed by atoms with van der Waals surface area (Å²) in [7, 11) is -3.03. The Kier molecular flexibility index (Phi) is 6.95. The number of rotatable bonds is 6. The summed E-state index contributed by atoms with van der Waals surface area (Å²) in [6.07, 6.45) is 1.94. The first-order valence-electron chi connectivity index (χ1n) is 10.4. The summed E-state index contributed by atoms with van der Waals surface area (Å²) in [4.78, 5) is 29.4. The number of likely N-dealkylation sites (N-methyl/N-ethyl adjacent to an activating group) is 1. The molecule has 1 N–H and O–H groups in total. The van der Waals surface area contributed by atoms with Crippen LogP contribution in [-0.4, -0.2) is 73.3 Å². The molecular formula is C21H31N3O4S. The number of benzene rings is 1. The molecule has 0 aromatic heterocycles. The van der Waals surface area contributed by atoms with E-state index in [9.17, 15) is 18.0 Å². The van der Waals surface area contributed by atoms with Crippen LogP contribution in [0, 0.1) is 5.92 Å². The van der Waals surface area contributed by atoms with Gasteiger partial charge in [0.2, 0.25) is 11.8 Å². The third kappa shape index (κ3) is 5.36. The first-order valence-corrected chi connectivity index (χ1v) is 12.2. The van der Waals surface area contributed by atoms with E-state index in [2.05, 4.69) is 10.2 Å². The second-order valence-electron chi connectivity index (χ2n) is 8.02. The van der Waals surface area contributed by atoms with E-state index >= 15 is 0 Å². The molecule has 1 aromatic rings.